The summed E-state index contributed by atoms with van der Waals surface area (Å²) in [7, 11) is 1.38. The van der Waals surface area contributed by atoms with Crippen molar-refractivity contribution in [2.24, 2.45) is 5.92 Å². The SMILES string of the molecule is CCCCCC1CC(=O)c2c(n(Cc3ccccc3Oc3ccccc3)c3cccc(C(=O)OC)c23)C1. The third kappa shape index (κ3) is 5.04. The second-order valence-electron chi connectivity index (χ2n) is 9.82. The molecular weight excluding hydrogens is 462 g/mol. The standard InChI is InChI=1S/C32H33NO4/c1-3-4-6-12-22-19-27-31(28(34)20-22)30-25(32(35)36-2)16-11-17-26(30)33(27)21-23-13-9-10-18-29(23)37-24-14-7-5-8-15-24/h5,7-11,13-18,22H,3-4,6,12,19-21H2,1-2H3. The summed E-state index contributed by atoms with van der Waals surface area (Å²) in [4.78, 5) is 26.3. The van der Waals surface area contributed by atoms with E-state index >= 15 is 0 Å². The zero-order chi connectivity index (χ0) is 25.8. The summed E-state index contributed by atoms with van der Waals surface area (Å²) in [5, 5.41) is 0.711. The van der Waals surface area contributed by atoms with Crippen LogP contribution in [0.2, 0.25) is 0 Å². The lowest BCUT2D eigenvalue weighted by Gasteiger charge is -2.24. The zero-order valence-corrected chi connectivity index (χ0v) is 21.5. The highest BCUT2D eigenvalue weighted by Gasteiger charge is 2.33. The first-order chi connectivity index (χ1) is 18.1. The van der Waals surface area contributed by atoms with E-state index in [-0.39, 0.29) is 5.78 Å². The Morgan fingerprint density at radius 1 is 0.946 bits per heavy atom. The van der Waals surface area contributed by atoms with E-state index in [0.717, 1.165) is 54.0 Å². The van der Waals surface area contributed by atoms with Gasteiger partial charge < -0.3 is 14.0 Å². The molecule has 5 rings (SSSR count). The number of rotatable bonds is 9. The van der Waals surface area contributed by atoms with Gasteiger partial charge in [0.25, 0.3) is 0 Å². The third-order valence-electron chi connectivity index (χ3n) is 7.33. The minimum absolute atomic E-state index is 0.122. The number of Topliss-reactive ketones (excluding diaryl/α,β-unsaturated/α-hetero) is 1. The molecule has 0 saturated heterocycles. The maximum absolute atomic E-state index is 13.6. The second kappa shape index (κ2) is 11.0. The summed E-state index contributed by atoms with van der Waals surface area (Å²) in [6.45, 7) is 2.74. The minimum atomic E-state index is -0.420. The number of aromatic nitrogens is 1. The average Bonchev–Trinajstić information content (AvgIpc) is 3.24. The third-order valence-corrected chi connectivity index (χ3v) is 7.33. The van der Waals surface area contributed by atoms with Crippen molar-refractivity contribution in [3.05, 3.63) is 95.2 Å². The van der Waals surface area contributed by atoms with Crippen molar-refractivity contribution in [3.8, 4) is 11.5 Å². The molecule has 0 aliphatic heterocycles. The summed E-state index contributed by atoms with van der Waals surface area (Å²) in [5.41, 5.74) is 4.03. The molecule has 0 amide bonds. The quantitative estimate of drug-likeness (QED) is 0.177. The second-order valence-corrected chi connectivity index (χ2v) is 9.82. The van der Waals surface area contributed by atoms with Crippen LogP contribution < -0.4 is 4.74 Å². The number of hydrogen-bond acceptors (Lipinski definition) is 4. The van der Waals surface area contributed by atoms with Crippen LogP contribution in [0.3, 0.4) is 0 Å². The first-order valence-corrected chi connectivity index (χ1v) is 13.2. The van der Waals surface area contributed by atoms with E-state index in [9.17, 15) is 9.59 Å². The highest BCUT2D eigenvalue weighted by Crippen LogP contribution is 2.39. The van der Waals surface area contributed by atoms with E-state index in [0.29, 0.717) is 35.4 Å². The van der Waals surface area contributed by atoms with Gasteiger partial charge in [0, 0.05) is 28.6 Å². The van der Waals surface area contributed by atoms with Crippen molar-refractivity contribution in [2.75, 3.05) is 7.11 Å². The minimum Gasteiger partial charge on any atom is -0.465 e. The predicted octanol–water partition coefficient (Wildman–Crippen LogP) is 7.59. The average molecular weight is 496 g/mol. The number of carbonyl (C=O) groups is 2. The summed E-state index contributed by atoms with van der Waals surface area (Å²) in [5.74, 6) is 1.56. The highest BCUT2D eigenvalue weighted by molar-refractivity contribution is 6.16. The Hall–Kier alpha value is -3.86. The summed E-state index contributed by atoms with van der Waals surface area (Å²) in [6.07, 6.45) is 5.86. The van der Waals surface area contributed by atoms with Gasteiger partial charge in [0.2, 0.25) is 0 Å². The van der Waals surface area contributed by atoms with Crippen LogP contribution in [-0.4, -0.2) is 23.4 Å². The number of fused-ring (bicyclic) bond motifs is 3. The molecule has 0 spiro atoms. The molecule has 0 bridgehead atoms. The lowest BCUT2D eigenvalue weighted by Crippen LogP contribution is -2.22. The van der Waals surface area contributed by atoms with Crippen molar-refractivity contribution in [1.29, 1.82) is 0 Å². The molecule has 1 atom stereocenters. The largest absolute Gasteiger partial charge is 0.465 e. The Bertz CT molecular complexity index is 1420. The fraction of sp³-hybridized carbons (Fsp3) is 0.312. The van der Waals surface area contributed by atoms with Gasteiger partial charge in [0.05, 0.1) is 24.7 Å². The molecule has 190 valence electrons. The fourth-order valence-corrected chi connectivity index (χ4v) is 5.54. The maximum atomic E-state index is 13.6. The Morgan fingerprint density at radius 2 is 1.73 bits per heavy atom. The van der Waals surface area contributed by atoms with Gasteiger partial charge in [0.15, 0.2) is 5.78 Å². The van der Waals surface area contributed by atoms with E-state index in [1.807, 2.05) is 60.7 Å². The van der Waals surface area contributed by atoms with Crippen molar-refractivity contribution < 1.29 is 19.1 Å². The molecule has 0 saturated carbocycles. The van der Waals surface area contributed by atoms with Crippen molar-refractivity contribution >= 4 is 22.7 Å². The van der Waals surface area contributed by atoms with E-state index in [1.54, 1.807) is 6.07 Å². The molecule has 4 aromatic rings. The molecule has 1 aliphatic rings. The number of benzene rings is 3. The van der Waals surface area contributed by atoms with Crippen LogP contribution in [0.4, 0.5) is 0 Å². The molecule has 0 N–H and O–H groups in total. The van der Waals surface area contributed by atoms with Gasteiger partial charge in [-0.15, -0.1) is 0 Å². The van der Waals surface area contributed by atoms with E-state index in [4.69, 9.17) is 9.47 Å². The van der Waals surface area contributed by atoms with E-state index < -0.39 is 5.97 Å². The van der Waals surface area contributed by atoms with Crippen LogP contribution in [0.15, 0.2) is 72.8 Å². The summed E-state index contributed by atoms with van der Waals surface area (Å²) in [6, 6.07) is 23.4. The molecule has 5 heteroatoms. The van der Waals surface area contributed by atoms with Crippen molar-refractivity contribution in [3.63, 3.8) is 0 Å². The van der Waals surface area contributed by atoms with Gasteiger partial charge in [-0.1, -0.05) is 68.7 Å². The lowest BCUT2D eigenvalue weighted by atomic mass is 9.82. The highest BCUT2D eigenvalue weighted by atomic mass is 16.5. The number of hydrogen-bond donors (Lipinski definition) is 0. The number of ketones is 1. The topological polar surface area (TPSA) is 57.5 Å². The monoisotopic (exact) mass is 495 g/mol. The zero-order valence-electron chi connectivity index (χ0n) is 21.5. The molecule has 1 heterocycles. The first kappa shape index (κ1) is 24.8. The number of esters is 1. The number of nitrogens with zero attached hydrogens (tertiary/aromatic N) is 1. The molecular formula is C32H33NO4. The number of ether oxygens (including phenoxy) is 2. The smallest absolute Gasteiger partial charge is 0.338 e. The molecule has 5 nitrogen and oxygen atoms in total. The van der Waals surface area contributed by atoms with Crippen LogP contribution in [0.1, 0.15) is 71.0 Å². The Labute approximate surface area is 218 Å². The van der Waals surface area contributed by atoms with Crippen molar-refractivity contribution in [2.45, 2.75) is 52.0 Å². The number of para-hydroxylation sites is 2. The van der Waals surface area contributed by atoms with Crippen LogP contribution in [0, 0.1) is 5.92 Å². The molecule has 1 aliphatic carbocycles. The van der Waals surface area contributed by atoms with Crippen LogP contribution in [-0.2, 0) is 17.7 Å². The van der Waals surface area contributed by atoms with Gasteiger partial charge in [-0.2, -0.15) is 0 Å². The van der Waals surface area contributed by atoms with E-state index in [1.165, 1.54) is 13.5 Å². The molecule has 3 aromatic carbocycles. The van der Waals surface area contributed by atoms with Crippen LogP contribution in [0.5, 0.6) is 11.5 Å². The molecule has 37 heavy (non-hydrogen) atoms. The fourth-order valence-electron chi connectivity index (χ4n) is 5.54. The Kier molecular flexibility index (Phi) is 7.40. The maximum Gasteiger partial charge on any atom is 0.338 e. The Morgan fingerprint density at radius 3 is 2.51 bits per heavy atom. The number of methoxy groups -OCH3 is 1. The Balaban J connectivity index is 1.61. The van der Waals surface area contributed by atoms with Gasteiger partial charge in [-0.25, -0.2) is 4.79 Å². The molecule has 1 aromatic heterocycles. The van der Waals surface area contributed by atoms with Crippen LogP contribution >= 0.6 is 0 Å². The van der Waals surface area contributed by atoms with Crippen molar-refractivity contribution in [1.82, 2.24) is 4.57 Å². The first-order valence-electron chi connectivity index (χ1n) is 13.2. The van der Waals surface area contributed by atoms with Gasteiger partial charge >= 0.3 is 5.97 Å². The predicted molar refractivity (Wildman–Crippen MR) is 146 cm³/mol. The lowest BCUT2D eigenvalue weighted by molar-refractivity contribution is 0.0603. The summed E-state index contributed by atoms with van der Waals surface area (Å²) < 4.78 is 13.6. The van der Waals surface area contributed by atoms with Gasteiger partial charge in [-0.05, 0) is 49.1 Å². The van der Waals surface area contributed by atoms with E-state index in [2.05, 4.69) is 17.6 Å². The molecule has 1 unspecified atom stereocenters. The molecule has 0 radical (unpaired) electrons. The summed E-state index contributed by atoms with van der Waals surface area (Å²) >= 11 is 0. The molecule has 0 fully saturated rings. The van der Waals surface area contributed by atoms with Crippen LogP contribution in [0.25, 0.3) is 10.9 Å². The van der Waals surface area contributed by atoms with Gasteiger partial charge in [0.1, 0.15) is 11.5 Å². The number of carbonyl (C=O) groups excluding carboxylic acids is 2. The van der Waals surface area contributed by atoms with Gasteiger partial charge in [-0.3, -0.25) is 4.79 Å². The normalized spacial score (nSPS) is 15.0. The number of unbranched alkanes of at least 4 members (excludes halogenated alkanes) is 2.